The Morgan fingerprint density at radius 2 is 1.86 bits per heavy atom. The molecule has 0 bridgehead atoms. The smallest absolute Gasteiger partial charge is 0.412 e. The number of anilines is 1. The molecule has 1 aliphatic rings. The molecule has 1 aliphatic heterocycles. The lowest BCUT2D eigenvalue weighted by molar-refractivity contribution is 0.0634. The minimum atomic E-state index is -0.712. The Morgan fingerprint density at radius 1 is 1.11 bits per heavy atom. The zero-order valence-electron chi connectivity index (χ0n) is 19.7. The van der Waals surface area contributed by atoms with Crippen molar-refractivity contribution >= 4 is 36.7 Å². The summed E-state index contributed by atoms with van der Waals surface area (Å²) >= 11 is 0. The lowest BCUT2D eigenvalue weighted by Crippen LogP contribution is -2.28. The Balaban J connectivity index is 1.60. The molecule has 0 fully saturated rings. The van der Waals surface area contributed by atoms with Gasteiger partial charge in [-0.15, -0.1) is 0 Å². The van der Waals surface area contributed by atoms with Crippen molar-refractivity contribution in [3.63, 3.8) is 0 Å². The second-order valence-corrected chi connectivity index (χ2v) is 9.11. The quantitative estimate of drug-likeness (QED) is 0.575. The molecule has 0 saturated carbocycles. The Hall–Kier alpha value is -4.01. The summed E-state index contributed by atoms with van der Waals surface area (Å²) in [6.45, 7) is 5.36. The van der Waals surface area contributed by atoms with Gasteiger partial charge in [0, 0.05) is 18.3 Å². The van der Waals surface area contributed by atoms with Crippen molar-refractivity contribution in [2.24, 2.45) is 5.10 Å². The van der Waals surface area contributed by atoms with Gasteiger partial charge in [-0.2, -0.15) is 5.10 Å². The van der Waals surface area contributed by atoms with Gasteiger partial charge in [-0.3, -0.25) is 15.1 Å². The van der Waals surface area contributed by atoms with E-state index >= 15 is 0 Å². The van der Waals surface area contributed by atoms with Crippen LogP contribution < -0.4 is 10.8 Å². The molecule has 1 aromatic heterocycles. The lowest BCUT2D eigenvalue weighted by Gasteiger charge is -2.21. The largest absolute Gasteiger partial charge is 0.444 e. The molecule has 0 spiro atoms. The van der Waals surface area contributed by atoms with Crippen molar-refractivity contribution in [2.45, 2.75) is 38.8 Å². The molecule has 3 aromatic rings. The second kappa shape index (κ2) is 9.70. The Morgan fingerprint density at radius 3 is 2.49 bits per heavy atom. The number of hydrazone groups is 1. The van der Waals surface area contributed by atoms with E-state index in [9.17, 15) is 14.0 Å². The van der Waals surface area contributed by atoms with Crippen molar-refractivity contribution in [1.29, 1.82) is 0 Å². The molecule has 7 nitrogen and oxygen atoms in total. The fourth-order valence-corrected chi connectivity index (χ4v) is 3.67. The fourth-order valence-electron chi connectivity index (χ4n) is 3.67. The maximum atomic E-state index is 14.5. The maximum Gasteiger partial charge on any atom is 0.412 e. The molecule has 2 heterocycles. The number of pyridine rings is 1. The summed E-state index contributed by atoms with van der Waals surface area (Å²) in [5.74, 6) is -1.30. The van der Waals surface area contributed by atoms with Crippen molar-refractivity contribution in [1.82, 2.24) is 9.99 Å². The summed E-state index contributed by atoms with van der Waals surface area (Å²) in [5, 5.41) is 8.49. The van der Waals surface area contributed by atoms with Crippen LogP contribution in [0.2, 0.25) is 0 Å². The molecule has 2 amide bonds. The number of hydrogen-bond acceptors (Lipinski definition) is 5. The zero-order chi connectivity index (χ0) is 25.2. The number of carbonyl (C=O) groups excluding carboxylic acids is 2. The molecule has 0 aliphatic carbocycles. The Kier molecular flexibility index (Phi) is 6.69. The van der Waals surface area contributed by atoms with E-state index in [4.69, 9.17) is 12.6 Å². The van der Waals surface area contributed by atoms with Gasteiger partial charge < -0.3 is 4.74 Å². The molecular weight excluding hydrogens is 446 g/mol. The van der Waals surface area contributed by atoms with Gasteiger partial charge in [0.05, 0.1) is 17.0 Å². The third kappa shape index (κ3) is 5.74. The fraction of sp³-hybridized carbons (Fsp3) is 0.231. The topological polar surface area (TPSA) is 83.9 Å². The van der Waals surface area contributed by atoms with Crippen LogP contribution in [0.25, 0.3) is 0 Å². The van der Waals surface area contributed by atoms with Gasteiger partial charge in [0.25, 0.3) is 5.91 Å². The van der Waals surface area contributed by atoms with Crippen molar-refractivity contribution in [2.75, 3.05) is 5.32 Å². The molecule has 1 unspecified atom stereocenters. The number of nitrogens with one attached hydrogen (secondary N) is 1. The lowest BCUT2D eigenvalue weighted by atomic mass is 9.94. The SMILES string of the molecule is [B]c1ccc(C(=O)N2N=C(c3ccc(NC(=O)OC(C)(C)C)cc3)CC2c2ccccn2)c(F)c1. The zero-order valence-corrected chi connectivity index (χ0v) is 19.7. The van der Waals surface area contributed by atoms with Crippen LogP contribution in [0.5, 0.6) is 0 Å². The number of carbonyl (C=O) groups is 2. The molecule has 35 heavy (non-hydrogen) atoms. The normalized spacial score (nSPS) is 15.5. The van der Waals surface area contributed by atoms with Gasteiger partial charge in [-0.25, -0.2) is 14.2 Å². The van der Waals surface area contributed by atoms with Crippen LogP contribution in [0.4, 0.5) is 14.9 Å². The molecule has 0 saturated heterocycles. The highest BCUT2D eigenvalue weighted by Gasteiger charge is 2.35. The van der Waals surface area contributed by atoms with E-state index in [1.54, 1.807) is 63.4 Å². The van der Waals surface area contributed by atoms with Crippen LogP contribution in [0.15, 0.2) is 72.0 Å². The first-order chi connectivity index (χ1) is 16.6. The first-order valence-corrected chi connectivity index (χ1v) is 11.1. The monoisotopic (exact) mass is 470 g/mol. The second-order valence-electron chi connectivity index (χ2n) is 9.11. The molecule has 176 valence electrons. The molecule has 2 radical (unpaired) electrons. The van der Waals surface area contributed by atoms with Gasteiger partial charge in [-0.05, 0) is 62.7 Å². The molecule has 4 rings (SSSR count). The van der Waals surface area contributed by atoms with Crippen LogP contribution in [0, 0.1) is 5.82 Å². The number of amides is 2. The third-order valence-electron chi connectivity index (χ3n) is 5.23. The minimum absolute atomic E-state index is 0.123. The number of halogens is 1. The molecule has 2 aromatic carbocycles. The van der Waals surface area contributed by atoms with Gasteiger partial charge in [0.1, 0.15) is 25.3 Å². The van der Waals surface area contributed by atoms with Crippen molar-refractivity contribution < 1.29 is 18.7 Å². The van der Waals surface area contributed by atoms with Gasteiger partial charge in [0.15, 0.2) is 0 Å². The average Bonchev–Trinajstić information content (AvgIpc) is 3.24. The Labute approximate surface area is 204 Å². The summed E-state index contributed by atoms with van der Waals surface area (Å²) in [4.78, 5) is 29.7. The van der Waals surface area contributed by atoms with Crippen LogP contribution in [0.1, 0.15) is 54.8 Å². The highest BCUT2D eigenvalue weighted by molar-refractivity contribution is 6.32. The van der Waals surface area contributed by atoms with Crippen molar-refractivity contribution in [3.8, 4) is 0 Å². The van der Waals surface area contributed by atoms with Gasteiger partial charge >= 0.3 is 6.09 Å². The van der Waals surface area contributed by atoms with E-state index < -0.39 is 29.5 Å². The number of rotatable bonds is 4. The average molecular weight is 470 g/mol. The number of hydrogen-bond donors (Lipinski definition) is 1. The van der Waals surface area contributed by atoms with E-state index in [0.717, 1.165) is 11.6 Å². The van der Waals surface area contributed by atoms with Gasteiger partial charge in [-0.1, -0.05) is 29.7 Å². The van der Waals surface area contributed by atoms with Crippen LogP contribution in [-0.2, 0) is 4.74 Å². The van der Waals surface area contributed by atoms with Crippen LogP contribution in [-0.4, -0.2) is 41.2 Å². The van der Waals surface area contributed by atoms with E-state index in [2.05, 4.69) is 15.4 Å². The summed E-state index contributed by atoms with van der Waals surface area (Å²) in [5.41, 5.74) is 2.08. The number of aromatic nitrogens is 1. The van der Waals surface area contributed by atoms with Gasteiger partial charge in [0.2, 0.25) is 0 Å². The van der Waals surface area contributed by atoms with E-state index in [-0.39, 0.29) is 11.0 Å². The highest BCUT2D eigenvalue weighted by Crippen LogP contribution is 2.33. The highest BCUT2D eigenvalue weighted by atomic mass is 19.1. The van der Waals surface area contributed by atoms with E-state index in [1.165, 1.54) is 17.1 Å². The number of benzene rings is 2. The number of ether oxygens (including phenoxy) is 1. The Bertz CT molecular complexity index is 1270. The van der Waals surface area contributed by atoms with Crippen molar-refractivity contribution in [3.05, 3.63) is 89.5 Å². The van der Waals surface area contributed by atoms with Crippen LogP contribution in [0.3, 0.4) is 0 Å². The molecule has 1 N–H and O–H groups in total. The summed E-state index contributed by atoms with van der Waals surface area (Å²) in [7, 11) is 5.63. The summed E-state index contributed by atoms with van der Waals surface area (Å²) in [6.07, 6.45) is 1.47. The number of nitrogens with zero attached hydrogens (tertiary/aromatic N) is 3. The molecule has 9 heteroatoms. The first-order valence-electron chi connectivity index (χ1n) is 11.1. The molecule has 1 atom stereocenters. The van der Waals surface area contributed by atoms with E-state index in [1.807, 2.05) is 6.07 Å². The minimum Gasteiger partial charge on any atom is -0.444 e. The summed E-state index contributed by atoms with van der Waals surface area (Å²) in [6, 6.07) is 15.9. The molecular formula is C26H24BFN4O3. The predicted octanol–water partition coefficient (Wildman–Crippen LogP) is 4.35. The van der Waals surface area contributed by atoms with Crippen LogP contribution >= 0.6 is 0 Å². The maximum absolute atomic E-state index is 14.5. The predicted molar refractivity (Wildman–Crippen MR) is 132 cm³/mol. The third-order valence-corrected chi connectivity index (χ3v) is 5.23. The van der Waals surface area contributed by atoms with E-state index in [0.29, 0.717) is 23.5 Å². The first kappa shape index (κ1) is 24.1. The standard InChI is InChI=1S/C26H24BFN4O3/c1-26(2,3)35-25(34)30-18-10-7-16(8-11-18)22-15-23(21-6-4-5-13-29-21)32(31-22)24(33)19-12-9-17(27)14-20(19)28/h4-14,23H,15H2,1-3H3,(H,30,34). The summed E-state index contributed by atoms with van der Waals surface area (Å²) < 4.78 is 19.8.